The van der Waals surface area contributed by atoms with E-state index in [4.69, 9.17) is 0 Å². The van der Waals surface area contributed by atoms with E-state index in [2.05, 4.69) is 24.3 Å². The van der Waals surface area contributed by atoms with Gasteiger partial charge in [-0.3, -0.25) is 0 Å². The predicted octanol–water partition coefficient (Wildman–Crippen LogP) is 3.52. The van der Waals surface area contributed by atoms with Crippen molar-refractivity contribution in [3.63, 3.8) is 0 Å². The van der Waals surface area contributed by atoms with Crippen LogP contribution in [-0.4, -0.2) is 11.5 Å². The molecule has 0 spiro atoms. The van der Waals surface area contributed by atoms with Gasteiger partial charge in [-0.15, -0.1) is 11.8 Å². The van der Waals surface area contributed by atoms with E-state index in [9.17, 15) is 4.79 Å². The number of hydrogen-bond acceptors (Lipinski definition) is 2. The molecule has 0 aliphatic rings. The van der Waals surface area contributed by atoms with Crippen LogP contribution in [0.1, 0.15) is 6.92 Å². The summed E-state index contributed by atoms with van der Waals surface area (Å²) in [6, 6.07) is 14.4. The highest BCUT2D eigenvalue weighted by molar-refractivity contribution is 8.00. The number of fused-ring (bicyclic) bond motifs is 1. The Labute approximate surface area is 93.5 Å². The molecule has 0 amide bonds. The van der Waals surface area contributed by atoms with E-state index in [-0.39, 0.29) is 5.25 Å². The Kier molecular flexibility index (Phi) is 3.07. The normalized spacial score (nSPS) is 12.6. The van der Waals surface area contributed by atoms with E-state index in [0.29, 0.717) is 0 Å². The quantitative estimate of drug-likeness (QED) is 0.577. The first-order chi connectivity index (χ1) is 7.31. The zero-order valence-electron chi connectivity index (χ0n) is 8.51. The molecule has 2 aromatic carbocycles. The van der Waals surface area contributed by atoms with Crippen LogP contribution in [0.15, 0.2) is 47.4 Å². The van der Waals surface area contributed by atoms with Crippen molar-refractivity contribution in [3.8, 4) is 0 Å². The van der Waals surface area contributed by atoms with E-state index in [1.165, 1.54) is 15.7 Å². The number of rotatable bonds is 3. The molecule has 0 radical (unpaired) electrons. The summed E-state index contributed by atoms with van der Waals surface area (Å²) in [5, 5.41) is 2.45. The standard InChI is InChI=1S/C13H12OS/c1-10(9-14)15-13-8-4-6-11-5-2-3-7-12(11)13/h2-10H,1H3. The SMILES string of the molecule is CC(C=O)Sc1cccc2ccccc12. The van der Waals surface area contributed by atoms with Crippen molar-refractivity contribution in [1.29, 1.82) is 0 Å². The minimum atomic E-state index is 0.0100. The maximum Gasteiger partial charge on any atom is 0.133 e. The van der Waals surface area contributed by atoms with Gasteiger partial charge in [0.05, 0.1) is 5.25 Å². The molecular weight excluding hydrogens is 204 g/mol. The van der Waals surface area contributed by atoms with Gasteiger partial charge in [-0.25, -0.2) is 0 Å². The van der Waals surface area contributed by atoms with Gasteiger partial charge in [0.25, 0.3) is 0 Å². The maximum atomic E-state index is 10.6. The Balaban J connectivity index is 2.46. The van der Waals surface area contributed by atoms with Gasteiger partial charge in [0, 0.05) is 4.90 Å². The van der Waals surface area contributed by atoms with Gasteiger partial charge in [0.15, 0.2) is 0 Å². The molecule has 2 aromatic rings. The average Bonchev–Trinajstić information content (AvgIpc) is 2.29. The van der Waals surface area contributed by atoms with Crippen molar-refractivity contribution in [3.05, 3.63) is 42.5 Å². The van der Waals surface area contributed by atoms with Crippen LogP contribution in [0, 0.1) is 0 Å². The van der Waals surface area contributed by atoms with Crippen LogP contribution in [0.5, 0.6) is 0 Å². The van der Waals surface area contributed by atoms with E-state index in [0.717, 1.165) is 6.29 Å². The lowest BCUT2D eigenvalue weighted by Gasteiger charge is -2.07. The maximum absolute atomic E-state index is 10.6. The molecule has 0 heterocycles. The first kappa shape index (κ1) is 10.2. The number of carbonyl (C=O) groups is 1. The summed E-state index contributed by atoms with van der Waals surface area (Å²) >= 11 is 1.60. The zero-order chi connectivity index (χ0) is 10.7. The highest BCUT2D eigenvalue weighted by atomic mass is 32.2. The van der Waals surface area contributed by atoms with E-state index in [1.807, 2.05) is 25.1 Å². The smallest absolute Gasteiger partial charge is 0.133 e. The summed E-state index contributed by atoms with van der Waals surface area (Å²) in [5.41, 5.74) is 0. The first-order valence-electron chi connectivity index (χ1n) is 4.91. The summed E-state index contributed by atoms with van der Waals surface area (Å²) in [7, 11) is 0. The third-order valence-corrected chi connectivity index (χ3v) is 3.35. The third kappa shape index (κ3) is 2.21. The molecule has 1 atom stereocenters. The zero-order valence-corrected chi connectivity index (χ0v) is 9.33. The molecule has 2 rings (SSSR count). The van der Waals surface area contributed by atoms with E-state index < -0.39 is 0 Å². The van der Waals surface area contributed by atoms with Gasteiger partial charge in [0.2, 0.25) is 0 Å². The number of aldehydes is 1. The molecule has 2 heteroatoms. The van der Waals surface area contributed by atoms with Crippen LogP contribution >= 0.6 is 11.8 Å². The predicted molar refractivity (Wildman–Crippen MR) is 65.3 cm³/mol. The topological polar surface area (TPSA) is 17.1 Å². The second-order valence-electron chi connectivity index (χ2n) is 3.44. The number of thioether (sulfide) groups is 1. The lowest BCUT2D eigenvalue weighted by Crippen LogP contribution is -1.95. The van der Waals surface area contributed by atoms with E-state index >= 15 is 0 Å². The van der Waals surface area contributed by atoms with Gasteiger partial charge < -0.3 is 4.79 Å². The van der Waals surface area contributed by atoms with E-state index in [1.54, 1.807) is 11.8 Å². The average molecular weight is 216 g/mol. The third-order valence-electron chi connectivity index (χ3n) is 2.25. The molecule has 0 saturated carbocycles. The number of hydrogen-bond donors (Lipinski definition) is 0. The molecule has 0 aliphatic carbocycles. The molecular formula is C13H12OS. The van der Waals surface area contributed by atoms with Gasteiger partial charge in [-0.1, -0.05) is 36.4 Å². The fourth-order valence-corrected chi connectivity index (χ4v) is 2.45. The van der Waals surface area contributed by atoms with Crippen LogP contribution in [0.3, 0.4) is 0 Å². The number of benzene rings is 2. The molecule has 0 aliphatic heterocycles. The second-order valence-corrected chi connectivity index (χ2v) is 4.86. The molecule has 0 aromatic heterocycles. The van der Waals surface area contributed by atoms with Crippen molar-refractivity contribution in [2.24, 2.45) is 0 Å². The molecule has 15 heavy (non-hydrogen) atoms. The Morgan fingerprint density at radius 1 is 1.13 bits per heavy atom. The fourth-order valence-electron chi connectivity index (χ4n) is 1.53. The first-order valence-corrected chi connectivity index (χ1v) is 5.79. The van der Waals surface area contributed by atoms with Crippen molar-refractivity contribution in [1.82, 2.24) is 0 Å². The monoisotopic (exact) mass is 216 g/mol. The molecule has 0 bridgehead atoms. The minimum Gasteiger partial charge on any atom is -0.302 e. The minimum absolute atomic E-state index is 0.0100. The van der Waals surface area contributed by atoms with Crippen molar-refractivity contribution < 1.29 is 4.79 Å². The van der Waals surface area contributed by atoms with Gasteiger partial charge in [0.1, 0.15) is 6.29 Å². The molecule has 0 fully saturated rings. The molecule has 1 unspecified atom stereocenters. The Morgan fingerprint density at radius 3 is 2.67 bits per heavy atom. The summed E-state index contributed by atoms with van der Waals surface area (Å²) < 4.78 is 0. The molecule has 0 saturated heterocycles. The van der Waals surface area contributed by atoms with Crippen molar-refractivity contribution in [2.45, 2.75) is 17.1 Å². The van der Waals surface area contributed by atoms with Gasteiger partial charge >= 0.3 is 0 Å². The fraction of sp³-hybridized carbons (Fsp3) is 0.154. The summed E-state index contributed by atoms with van der Waals surface area (Å²) in [6.45, 7) is 1.92. The summed E-state index contributed by atoms with van der Waals surface area (Å²) in [4.78, 5) is 11.8. The number of carbonyl (C=O) groups excluding carboxylic acids is 1. The van der Waals surface area contributed by atoms with Crippen molar-refractivity contribution in [2.75, 3.05) is 0 Å². The second kappa shape index (κ2) is 4.49. The van der Waals surface area contributed by atoms with Gasteiger partial charge in [-0.05, 0) is 23.8 Å². The highest BCUT2D eigenvalue weighted by Gasteiger charge is 2.05. The van der Waals surface area contributed by atoms with Crippen molar-refractivity contribution >= 4 is 28.8 Å². The summed E-state index contributed by atoms with van der Waals surface area (Å²) in [5.74, 6) is 0. The van der Waals surface area contributed by atoms with Crippen LogP contribution in [0.25, 0.3) is 10.8 Å². The van der Waals surface area contributed by atoms with Crippen LogP contribution in [0.2, 0.25) is 0 Å². The largest absolute Gasteiger partial charge is 0.302 e. The lowest BCUT2D eigenvalue weighted by molar-refractivity contribution is -0.107. The Morgan fingerprint density at radius 2 is 1.87 bits per heavy atom. The highest BCUT2D eigenvalue weighted by Crippen LogP contribution is 2.29. The Bertz CT molecular complexity index is 473. The van der Waals surface area contributed by atoms with Crippen LogP contribution in [-0.2, 0) is 4.79 Å². The summed E-state index contributed by atoms with van der Waals surface area (Å²) in [6.07, 6.45) is 0.979. The molecule has 76 valence electrons. The Hall–Kier alpha value is -1.28. The van der Waals surface area contributed by atoms with Crippen LogP contribution in [0.4, 0.5) is 0 Å². The lowest BCUT2D eigenvalue weighted by atomic mass is 10.1. The molecule has 1 nitrogen and oxygen atoms in total. The van der Waals surface area contributed by atoms with Gasteiger partial charge in [-0.2, -0.15) is 0 Å². The van der Waals surface area contributed by atoms with Crippen LogP contribution < -0.4 is 0 Å². The molecule has 0 N–H and O–H groups in total.